The molecule has 0 aliphatic rings. The topological polar surface area (TPSA) is 177 Å². The van der Waals surface area contributed by atoms with Gasteiger partial charge in [-0.3, -0.25) is 9.79 Å². The second-order valence-corrected chi connectivity index (χ2v) is 6.27. The van der Waals surface area contributed by atoms with Crippen LogP contribution in [-0.4, -0.2) is 46.6 Å². The molecule has 158 valence electrons. The molecule has 7 N–H and O–H groups in total. The van der Waals surface area contributed by atoms with Gasteiger partial charge in [-0.2, -0.15) is 0 Å². The number of phenolic OH excluding ortho intramolecular Hbond substituents is 1. The monoisotopic (exact) mass is 414 g/mol. The molecule has 1 amide bonds. The maximum Gasteiger partial charge on any atom is 0.343 e. The highest BCUT2D eigenvalue weighted by atomic mass is 16.5. The van der Waals surface area contributed by atoms with E-state index in [2.05, 4.69) is 10.3 Å². The predicted molar refractivity (Wildman–Crippen MR) is 108 cm³/mol. The van der Waals surface area contributed by atoms with E-state index in [-0.39, 0.29) is 41.6 Å². The van der Waals surface area contributed by atoms with E-state index < -0.39 is 23.9 Å². The van der Waals surface area contributed by atoms with Crippen molar-refractivity contribution in [1.82, 2.24) is 5.32 Å². The van der Waals surface area contributed by atoms with Crippen LogP contribution in [0.25, 0.3) is 0 Å². The average molecular weight is 414 g/mol. The van der Waals surface area contributed by atoms with E-state index in [1.54, 1.807) is 0 Å². The molecule has 30 heavy (non-hydrogen) atoms. The zero-order valence-corrected chi connectivity index (χ0v) is 15.9. The maximum absolute atomic E-state index is 12.3. The van der Waals surface area contributed by atoms with Crippen molar-refractivity contribution in [3.63, 3.8) is 0 Å². The Hall–Kier alpha value is -4.08. The number of hydrogen-bond acceptors (Lipinski definition) is 6. The minimum Gasteiger partial charge on any atom is -0.508 e. The van der Waals surface area contributed by atoms with Crippen molar-refractivity contribution in [3.05, 3.63) is 59.7 Å². The summed E-state index contributed by atoms with van der Waals surface area (Å²) in [6.45, 7) is 0.253. The van der Waals surface area contributed by atoms with Gasteiger partial charge in [0.15, 0.2) is 5.96 Å². The van der Waals surface area contributed by atoms with Crippen LogP contribution >= 0.6 is 0 Å². The molecule has 1 atom stereocenters. The summed E-state index contributed by atoms with van der Waals surface area (Å²) in [5, 5.41) is 21.0. The Morgan fingerprint density at radius 1 is 1.00 bits per heavy atom. The van der Waals surface area contributed by atoms with E-state index in [0.717, 1.165) is 0 Å². The molecule has 10 heteroatoms. The van der Waals surface area contributed by atoms with Crippen LogP contribution in [0.4, 0.5) is 0 Å². The molecular formula is C20H22N4O6. The number of aliphatic imine (C=N–C) groups is 1. The molecule has 0 bridgehead atoms. The van der Waals surface area contributed by atoms with E-state index in [1.165, 1.54) is 48.5 Å². The second kappa shape index (κ2) is 10.5. The number of carboxylic acid groups (broad SMARTS) is 1. The molecular weight excluding hydrogens is 392 g/mol. The Kier molecular flexibility index (Phi) is 7.74. The van der Waals surface area contributed by atoms with E-state index in [1.807, 2.05) is 0 Å². The Balaban J connectivity index is 1.94. The summed E-state index contributed by atoms with van der Waals surface area (Å²) in [7, 11) is 0. The van der Waals surface area contributed by atoms with Crippen molar-refractivity contribution in [2.75, 3.05) is 6.54 Å². The molecule has 0 spiro atoms. The normalized spacial score (nSPS) is 11.2. The van der Waals surface area contributed by atoms with Crippen LogP contribution in [0.15, 0.2) is 53.5 Å². The number of aromatic hydroxyl groups is 1. The first-order valence-electron chi connectivity index (χ1n) is 8.96. The molecule has 0 fully saturated rings. The summed E-state index contributed by atoms with van der Waals surface area (Å²) in [5.74, 6) is -2.24. The lowest BCUT2D eigenvalue weighted by Gasteiger charge is -2.14. The molecule has 0 radical (unpaired) electrons. The fourth-order valence-corrected chi connectivity index (χ4v) is 2.44. The number of hydrogen-bond donors (Lipinski definition) is 5. The molecule has 0 saturated carbocycles. The SMILES string of the molecule is NC(N)=NCCC[C@@H](NC(=O)c1ccc(OC(=O)c2ccc(O)cc2)cc1)C(=O)O. The Morgan fingerprint density at radius 3 is 2.17 bits per heavy atom. The van der Waals surface area contributed by atoms with Gasteiger partial charge >= 0.3 is 11.9 Å². The third-order valence-corrected chi connectivity index (χ3v) is 3.98. The molecule has 2 aromatic rings. The smallest absolute Gasteiger partial charge is 0.343 e. The first kappa shape index (κ1) is 22.2. The van der Waals surface area contributed by atoms with Gasteiger partial charge in [-0.05, 0) is 61.4 Å². The summed E-state index contributed by atoms with van der Waals surface area (Å²) in [5.41, 5.74) is 10.9. The van der Waals surface area contributed by atoms with Crippen LogP contribution in [0, 0.1) is 0 Å². The summed E-state index contributed by atoms with van der Waals surface area (Å²) in [6, 6.07) is 10.1. The van der Waals surface area contributed by atoms with Gasteiger partial charge in [-0.15, -0.1) is 0 Å². The number of guanidine groups is 1. The number of benzene rings is 2. The molecule has 0 aliphatic carbocycles. The number of aliphatic carboxylic acids is 1. The largest absolute Gasteiger partial charge is 0.508 e. The number of carbonyl (C=O) groups excluding carboxylic acids is 2. The summed E-state index contributed by atoms with van der Waals surface area (Å²) < 4.78 is 5.20. The van der Waals surface area contributed by atoms with E-state index in [0.29, 0.717) is 6.42 Å². The number of phenols is 1. The lowest BCUT2D eigenvalue weighted by molar-refractivity contribution is -0.139. The first-order chi connectivity index (χ1) is 14.3. The lowest BCUT2D eigenvalue weighted by Crippen LogP contribution is -2.40. The molecule has 10 nitrogen and oxygen atoms in total. The van der Waals surface area contributed by atoms with Gasteiger partial charge < -0.3 is 31.7 Å². The van der Waals surface area contributed by atoms with Crippen molar-refractivity contribution < 1.29 is 29.3 Å². The van der Waals surface area contributed by atoms with Crippen molar-refractivity contribution in [1.29, 1.82) is 0 Å². The second-order valence-electron chi connectivity index (χ2n) is 6.27. The van der Waals surface area contributed by atoms with Gasteiger partial charge in [0, 0.05) is 12.1 Å². The predicted octanol–water partition coefficient (Wildman–Crippen LogP) is 0.848. The van der Waals surface area contributed by atoms with Crippen LogP contribution in [0.1, 0.15) is 33.6 Å². The third-order valence-electron chi connectivity index (χ3n) is 3.98. The van der Waals surface area contributed by atoms with Gasteiger partial charge in [0.2, 0.25) is 0 Å². The number of rotatable bonds is 9. The quantitative estimate of drug-likeness (QED) is 0.132. The zero-order chi connectivity index (χ0) is 22.1. The van der Waals surface area contributed by atoms with E-state index >= 15 is 0 Å². The summed E-state index contributed by atoms with van der Waals surface area (Å²) in [6.07, 6.45) is 0.529. The molecule has 2 aromatic carbocycles. The van der Waals surface area contributed by atoms with E-state index in [4.69, 9.17) is 16.2 Å². The molecule has 0 aromatic heterocycles. The minimum absolute atomic E-state index is 0.0258. The van der Waals surface area contributed by atoms with Crippen molar-refractivity contribution in [2.45, 2.75) is 18.9 Å². The molecule has 2 rings (SSSR count). The number of nitrogens with one attached hydrogen (secondary N) is 1. The maximum atomic E-state index is 12.3. The van der Waals surface area contributed by atoms with Crippen molar-refractivity contribution >= 4 is 23.8 Å². The van der Waals surface area contributed by atoms with Crippen LogP contribution in [0.5, 0.6) is 11.5 Å². The van der Waals surface area contributed by atoms with Gasteiger partial charge in [0.05, 0.1) is 5.56 Å². The Bertz CT molecular complexity index is 921. The molecule has 0 unspecified atom stereocenters. The molecule has 0 aliphatic heterocycles. The zero-order valence-electron chi connectivity index (χ0n) is 15.9. The highest BCUT2D eigenvalue weighted by Gasteiger charge is 2.20. The van der Waals surface area contributed by atoms with Gasteiger partial charge in [0.25, 0.3) is 5.91 Å². The number of nitrogens with zero attached hydrogens (tertiary/aromatic N) is 1. The van der Waals surface area contributed by atoms with Crippen LogP contribution in [-0.2, 0) is 4.79 Å². The van der Waals surface area contributed by atoms with Crippen molar-refractivity contribution in [2.24, 2.45) is 16.5 Å². The van der Waals surface area contributed by atoms with Crippen LogP contribution in [0.3, 0.4) is 0 Å². The Labute approximate surface area is 172 Å². The summed E-state index contributed by atoms with van der Waals surface area (Å²) >= 11 is 0. The third kappa shape index (κ3) is 6.82. The number of carbonyl (C=O) groups is 3. The fourth-order valence-electron chi connectivity index (χ4n) is 2.44. The fraction of sp³-hybridized carbons (Fsp3) is 0.200. The number of carboxylic acids is 1. The number of amides is 1. The number of ether oxygens (including phenoxy) is 1. The van der Waals surface area contributed by atoms with Gasteiger partial charge in [-0.25, -0.2) is 9.59 Å². The number of esters is 1. The van der Waals surface area contributed by atoms with Crippen LogP contribution < -0.4 is 21.5 Å². The highest BCUT2D eigenvalue weighted by molar-refractivity contribution is 5.97. The van der Waals surface area contributed by atoms with Gasteiger partial charge in [0.1, 0.15) is 17.5 Å². The van der Waals surface area contributed by atoms with E-state index in [9.17, 15) is 24.6 Å². The average Bonchev–Trinajstić information content (AvgIpc) is 2.70. The summed E-state index contributed by atoms with van der Waals surface area (Å²) in [4.78, 5) is 39.5. The standard InChI is InChI=1S/C20H22N4O6/c21-20(22)23-11-1-2-16(18(27)28)24-17(26)12-5-9-15(10-6-12)30-19(29)13-3-7-14(25)8-4-13/h3-10,16,25H,1-2,11H2,(H,24,26)(H,27,28)(H4,21,22,23)/t16-/m1/s1. The molecule has 0 saturated heterocycles. The lowest BCUT2D eigenvalue weighted by atomic mass is 10.1. The first-order valence-corrected chi connectivity index (χ1v) is 8.96. The highest BCUT2D eigenvalue weighted by Crippen LogP contribution is 2.16. The van der Waals surface area contributed by atoms with Crippen molar-refractivity contribution in [3.8, 4) is 11.5 Å². The molecule has 0 heterocycles. The minimum atomic E-state index is -1.17. The Morgan fingerprint density at radius 2 is 1.60 bits per heavy atom. The van der Waals surface area contributed by atoms with Gasteiger partial charge in [-0.1, -0.05) is 0 Å². The number of nitrogens with two attached hydrogens (primary N) is 2. The van der Waals surface area contributed by atoms with Crippen LogP contribution in [0.2, 0.25) is 0 Å².